The van der Waals surface area contributed by atoms with Gasteiger partial charge >= 0.3 is 5.97 Å². The third-order valence-corrected chi connectivity index (χ3v) is 11.0. The van der Waals surface area contributed by atoms with Crippen LogP contribution in [0.1, 0.15) is 106 Å². The molecule has 0 aromatic carbocycles. The number of rotatable bonds is 6. The zero-order valence-corrected chi connectivity index (χ0v) is 21.7. The summed E-state index contributed by atoms with van der Waals surface area (Å²) in [7, 11) is 0. The zero-order chi connectivity index (χ0) is 23.3. The minimum atomic E-state index is -0.120. The van der Waals surface area contributed by atoms with Crippen molar-refractivity contribution in [1.82, 2.24) is 0 Å². The van der Waals surface area contributed by atoms with Crippen LogP contribution in [0, 0.1) is 46.3 Å². The highest BCUT2D eigenvalue weighted by Gasteiger charge is 2.59. The van der Waals surface area contributed by atoms with Crippen molar-refractivity contribution in [3.63, 3.8) is 0 Å². The van der Waals surface area contributed by atoms with Crippen molar-refractivity contribution < 1.29 is 9.53 Å². The third kappa shape index (κ3) is 4.14. The second-order valence-electron chi connectivity index (χ2n) is 12.8. The summed E-state index contributed by atoms with van der Waals surface area (Å²) >= 11 is 0. The fourth-order valence-corrected chi connectivity index (χ4v) is 8.90. The summed E-state index contributed by atoms with van der Waals surface area (Å²) < 4.78 is 5.62. The van der Waals surface area contributed by atoms with Gasteiger partial charge in [0.25, 0.3) is 0 Å². The summed E-state index contributed by atoms with van der Waals surface area (Å²) in [5.74, 6) is 4.84. The molecule has 3 saturated carbocycles. The Bertz CT molecular complexity index is 765. The maximum absolute atomic E-state index is 11.5. The Morgan fingerprint density at radius 2 is 1.84 bits per heavy atom. The SMILES string of the molecule is C=C(C)C(C)CCC(C)C1CCC2C3CC=C4CC(OC(C)=O)CCC4(C)C3CCC12C. The lowest BCUT2D eigenvalue weighted by Gasteiger charge is -2.58. The second-order valence-corrected chi connectivity index (χ2v) is 12.8. The van der Waals surface area contributed by atoms with E-state index < -0.39 is 0 Å². The molecule has 2 heteroatoms. The molecule has 0 N–H and O–H groups in total. The second kappa shape index (κ2) is 8.95. The highest BCUT2D eigenvalue weighted by Crippen LogP contribution is 2.67. The van der Waals surface area contributed by atoms with E-state index >= 15 is 0 Å². The molecule has 0 heterocycles. The van der Waals surface area contributed by atoms with Crippen LogP contribution < -0.4 is 0 Å². The minimum Gasteiger partial charge on any atom is -0.462 e. The number of esters is 1. The number of carbonyl (C=O) groups is 1. The molecule has 0 amide bonds. The Morgan fingerprint density at radius 1 is 1.09 bits per heavy atom. The van der Waals surface area contributed by atoms with Gasteiger partial charge in [-0.1, -0.05) is 51.5 Å². The number of allylic oxidation sites excluding steroid dienone is 2. The fourth-order valence-electron chi connectivity index (χ4n) is 8.90. The van der Waals surface area contributed by atoms with Gasteiger partial charge in [-0.05, 0) is 111 Å². The molecule has 0 spiro atoms. The lowest BCUT2D eigenvalue weighted by atomic mass is 9.47. The lowest BCUT2D eigenvalue weighted by Crippen LogP contribution is -2.51. The maximum Gasteiger partial charge on any atom is 0.302 e. The molecule has 0 saturated heterocycles. The summed E-state index contributed by atoms with van der Waals surface area (Å²) in [5, 5.41) is 0. The molecule has 0 aliphatic heterocycles. The molecule has 4 aliphatic rings. The van der Waals surface area contributed by atoms with Crippen LogP contribution in [0.15, 0.2) is 23.8 Å². The number of hydrogen-bond acceptors (Lipinski definition) is 2. The zero-order valence-electron chi connectivity index (χ0n) is 21.7. The van der Waals surface area contributed by atoms with Gasteiger partial charge < -0.3 is 4.74 Å². The Hall–Kier alpha value is -1.05. The van der Waals surface area contributed by atoms with Crippen LogP contribution in [0.3, 0.4) is 0 Å². The van der Waals surface area contributed by atoms with Crippen molar-refractivity contribution in [3.8, 4) is 0 Å². The average molecular weight is 441 g/mol. The van der Waals surface area contributed by atoms with Crippen molar-refractivity contribution >= 4 is 5.97 Å². The monoisotopic (exact) mass is 440 g/mol. The first-order valence-corrected chi connectivity index (χ1v) is 13.6. The summed E-state index contributed by atoms with van der Waals surface area (Å²) in [6, 6.07) is 0. The van der Waals surface area contributed by atoms with Crippen molar-refractivity contribution in [2.75, 3.05) is 0 Å². The van der Waals surface area contributed by atoms with E-state index in [0.717, 1.165) is 42.4 Å². The highest BCUT2D eigenvalue weighted by atomic mass is 16.5. The van der Waals surface area contributed by atoms with Gasteiger partial charge in [0.15, 0.2) is 0 Å². The lowest BCUT2D eigenvalue weighted by molar-refractivity contribution is -0.148. The topological polar surface area (TPSA) is 26.3 Å². The molecule has 4 aliphatic carbocycles. The van der Waals surface area contributed by atoms with Gasteiger partial charge in [-0.2, -0.15) is 0 Å². The molecule has 4 rings (SSSR count). The molecule has 180 valence electrons. The van der Waals surface area contributed by atoms with Gasteiger partial charge in [0.1, 0.15) is 6.10 Å². The average Bonchev–Trinajstić information content (AvgIpc) is 3.08. The molecule has 0 radical (unpaired) electrons. The smallest absolute Gasteiger partial charge is 0.302 e. The van der Waals surface area contributed by atoms with Crippen LogP contribution in [-0.4, -0.2) is 12.1 Å². The number of carbonyl (C=O) groups excluding carboxylic acids is 1. The Morgan fingerprint density at radius 3 is 2.53 bits per heavy atom. The van der Waals surface area contributed by atoms with Gasteiger partial charge in [-0.15, -0.1) is 0 Å². The van der Waals surface area contributed by atoms with E-state index in [1.165, 1.54) is 56.9 Å². The third-order valence-electron chi connectivity index (χ3n) is 11.0. The Kier molecular flexibility index (Phi) is 6.74. The fraction of sp³-hybridized carbons (Fsp3) is 0.833. The van der Waals surface area contributed by atoms with Crippen LogP contribution >= 0.6 is 0 Å². The van der Waals surface area contributed by atoms with Gasteiger partial charge in [0.2, 0.25) is 0 Å². The molecular formula is C30H48O2. The van der Waals surface area contributed by atoms with Crippen molar-refractivity contribution in [3.05, 3.63) is 23.8 Å². The summed E-state index contributed by atoms with van der Waals surface area (Å²) in [5.41, 5.74) is 3.82. The summed E-state index contributed by atoms with van der Waals surface area (Å²) in [6.45, 7) is 18.0. The quantitative estimate of drug-likeness (QED) is 0.308. The van der Waals surface area contributed by atoms with Crippen molar-refractivity contribution in [2.45, 2.75) is 112 Å². The molecule has 9 atom stereocenters. The molecule has 9 unspecified atom stereocenters. The summed E-state index contributed by atoms with van der Waals surface area (Å²) in [4.78, 5) is 11.5. The first kappa shape index (κ1) is 24.1. The van der Waals surface area contributed by atoms with Crippen LogP contribution in [0.2, 0.25) is 0 Å². The Labute approximate surface area is 197 Å². The number of hydrogen-bond donors (Lipinski definition) is 0. The van der Waals surface area contributed by atoms with Crippen molar-refractivity contribution in [2.24, 2.45) is 46.3 Å². The van der Waals surface area contributed by atoms with Crippen LogP contribution in [-0.2, 0) is 9.53 Å². The molecule has 2 nitrogen and oxygen atoms in total. The molecule has 32 heavy (non-hydrogen) atoms. The number of ether oxygens (including phenoxy) is 1. The van der Waals surface area contributed by atoms with Crippen LogP contribution in [0.4, 0.5) is 0 Å². The standard InChI is InChI=1S/C30H48O2/c1-19(2)20(3)8-9-21(4)26-12-13-27-25-11-10-23-18-24(32-22(5)31)14-16-29(23,6)28(25)15-17-30(26,27)7/h10,20-21,24-28H,1,8-9,11-18H2,2-7H3. The first-order valence-electron chi connectivity index (χ1n) is 13.6. The number of fused-ring (bicyclic) bond motifs is 5. The summed E-state index contributed by atoms with van der Waals surface area (Å²) in [6.07, 6.45) is 15.5. The largest absolute Gasteiger partial charge is 0.462 e. The normalized spacial score (nSPS) is 42.7. The van der Waals surface area contributed by atoms with E-state index in [-0.39, 0.29) is 12.1 Å². The predicted octanol–water partition coefficient (Wildman–Crippen LogP) is 8.13. The molecule has 0 aromatic rings. The van der Waals surface area contributed by atoms with Gasteiger partial charge in [0.05, 0.1) is 0 Å². The van der Waals surface area contributed by atoms with Crippen LogP contribution in [0.5, 0.6) is 0 Å². The van der Waals surface area contributed by atoms with E-state index in [2.05, 4.69) is 47.3 Å². The maximum atomic E-state index is 11.5. The predicted molar refractivity (Wildman–Crippen MR) is 133 cm³/mol. The van der Waals surface area contributed by atoms with E-state index in [0.29, 0.717) is 16.7 Å². The Balaban J connectivity index is 1.47. The molecule has 3 fully saturated rings. The molecule has 0 aromatic heterocycles. The minimum absolute atomic E-state index is 0.107. The van der Waals surface area contributed by atoms with Gasteiger partial charge in [-0.3, -0.25) is 4.79 Å². The highest BCUT2D eigenvalue weighted by molar-refractivity contribution is 5.66. The van der Waals surface area contributed by atoms with E-state index in [1.54, 1.807) is 12.5 Å². The van der Waals surface area contributed by atoms with Gasteiger partial charge in [0, 0.05) is 13.3 Å². The molecule has 0 bridgehead atoms. The first-order chi connectivity index (χ1) is 15.1. The van der Waals surface area contributed by atoms with Crippen molar-refractivity contribution in [1.29, 1.82) is 0 Å². The van der Waals surface area contributed by atoms with E-state index in [9.17, 15) is 4.79 Å². The van der Waals surface area contributed by atoms with E-state index in [1.807, 2.05) is 0 Å². The molecular weight excluding hydrogens is 392 g/mol. The van der Waals surface area contributed by atoms with Crippen LogP contribution in [0.25, 0.3) is 0 Å². The van der Waals surface area contributed by atoms with E-state index in [4.69, 9.17) is 4.74 Å². The van der Waals surface area contributed by atoms with Gasteiger partial charge in [-0.25, -0.2) is 0 Å².